The van der Waals surface area contributed by atoms with Crippen molar-refractivity contribution in [2.45, 2.75) is 26.4 Å². The lowest BCUT2D eigenvalue weighted by atomic mass is 10.0. The van der Waals surface area contributed by atoms with E-state index >= 15 is 0 Å². The molecule has 0 aliphatic heterocycles. The number of hydrogen-bond acceptors (Lipinski definition) is 4. The third-order valence-corrected chi connectivity index (χ3v) is 4.47. The number of para-hydroxylation sites is 1. The molecule has 0 saturated heterocycles. The van der Waals surface area contributed by atoms with Crippen LogP contribution < -0.4 is 14.9 Å². The van der Waals surface area contributed by atoms with Crippen LogP contribution in [0.25, 0.3) is 0 Å². The van der Waals surface area contributed by atoms with Crippen LogP contribution in [0.15, 0.2) is 84.0 Å². The third-order valence-electron chi connectivity index (χ3n) is 4.47. The molecule has 0 fully saturated rings. The van der Waals surface area contributed by atoms with Gasteiger partial charge in [0.2, 0.25) is 0 Å². The van der Waals surface area contributed by atoms with Gasteiger partial charge in [-0.2, -0.15) is 5.10 Å². The van der Waals surface area contributed by atoms with E-state index in [4.69, 9.17) is 9.47 Å². The largest absolute Gasteiger partial charge is 0.488 e. The van der Waals surface area contributed by atoms with E-state index in [2.05, 4.69) is 24.4 Å². The lowest BCUT2D eigenvalue weighted by molar-refractivity contribution is -0.123. The molecule has 0 radical (unpaired) electrons. The summed E-state index contributed by atoms with van der Waals surface area (Å²) in [4.78, 5) is 12.0. The van der Waals surface area contributed by atoms with Crippen molar-refractivity contribution in [2.24, 2.45) is 5.10 Å². The molecule has 5 heteroatoms. The Labute approximate surface area is 177 Å². The first-order valence-electron chi connectivity index (χ1n) is 9.92. The van der Waals surface area contributed by atoms with Gasteiger partial charge in [0.25, 0.3) is 5.91 Å². The zero-order valence-electron chi connectivity index (χ0n) is 17.2. The number of ether oxygens (including phenoxy) is 2. The smallest absolute Gasteiger partial charge is 0.277 e. The van der Waals surface area contributed by atoms with Gasteiger partial charge in [0, 0.05) is 5.56 Å². The van der Waals surface area contributed by atoms with E-state index in [1.165, 1.54) is 5.56 Å². The van der Waals surface area contributed by atoms with Crippen molar-refractivity contribution in [3.8, 4) is 11.5 Å². The SMILES string of the molecule is CC(C)c1ccc(OCC(=O)NN=Cc2ccccc2OCc2ccccc2)cc1. The predicted molar refractivity (Wildman–Crippen MR) is 119 cm³/mol. The lowest BCUT2D eigenvalue weighted by Gasteiger charge is -2.09. The van der Waals surface area contributed by atoms with E-state index in [9.17, 15) is 4.79 Å². The summed E-state index contributed by atoms with van der Waals surface area (Å²) in [6.45, 7) is 4.62. The number of nitrogens with one attached hydrogen (secondary N) is 1. The molecule has 3 rings (SSSR count). The summed E-state index contributed by atoms with van der Waals surface area (Å²) in [5, 5.41) is 4.02. The quantitative estimate of drug-likeness (QED) is 0.408. The molecule has 0 bridgehead atoms. The first-order chi connectivity index (χ1) is 14.6. The Balaban J connectivity index is 1.49. The highest BCUT2D eigenvalue weighted by Gasteiger charge is 2.04. The summed E-state index contributed by atoms with van der Waals surface area (Å²) < 4.78 is 11.4. The zero-order valence-corrected chi connectivity index (χ0v) is 17.2. The Kier molecular flexibility index (Phi) is 7.61. The third kappa shape index (κ3) is 6.48. The number of rotatable bonds is 9. The van der Waals surface area contributed by atoms with Gasteiger partial charge in [-0.3, -0.25) is 4.79 Å². The second kappa shape index (κ2) is 10.8. The average Bonchev–Trinajstić information content (AvgIpc) is 2.78. The number of amides is 1. The van der Waals surface area contributed by atoms with E-state index in [1.54, 1.807) is 6.21 Å². The molecular weight excluding hydrogens is 376 g/mol. The molecule has 0 unspecified atom stereocenters. The van der Waals surface area contributed by atoms with Gasteiger partial charge in [-0.1, -0.05) is 68.4 Å². The zero-order chi connectivity index (χ0) is 21.2. The monoisotopic (exact) mass is 402 g/mol. The van der Waals surface area contributed by atoms with Crippen molar-refractivity contribution in [2.75, 3.05) is 6.61 Å². The lowest BCUT2D eigenvalue weighted by Crippen LogP contribution is -2.24. The van der Waals surface area contributed by atoms with Gasteiger partial charge in [0.15, 0.2) is 6.61 Å². The fourth-order valence-corrected chi connectivity index (χ4v) is 2.76. The summed E-state index contributed by atoms with van der Waals surface area (Å²) in [5.41, 5.74) is 5.56. The van der Waals surface area contributed by atoms with Gasteiger partial charge in [-0.05, 0) is 41.3 Å². The maximum absolute atomic E-state index is 12.0. The molecule has 0 aromatic heterocycles. The van der Waals surface area contributed by atoms with Gasteiger partial charge >= 0.3 is 0 Å². The second-order valence-electron chi connectivity index (χ2n) is 7.12. The molecular formula is C25H26N2O3. The van der Waals surface area contributed by atoms with Crippen LogP contribution in [0.1, 0.15) is 36.5 Å². The molecule has 0 heterocycles. The average molecular weight is 402 g/mol. The Hall–Kier alpha value is -3.60. The topological polar surface area (TPSA) is 59.9 Å². The fraction of sp³-hybridized carbons (Fsp3) is 0.200. The van der Waals surface area contributed by atoms with Crippen molar-refractivity contribution in [1.29, 1.82) is 0 Å². The maximum Gasteiger partial charge on any atom is 0.277 e. The van der Waals surface area contributed by atoms with E-state index in [0.717, 1.165) is 11.1 Å². The number of hydrogen-bond donors (Lipinski definition) is 1. The van der Waals surface area contributed by atoms with Gasteiger partial charge in [-0.25, -0.2) is 5.43 Å². The molecule has 1 amide bonds. The van der Waals surface area contributed by atoms with Crippen molar-refractivity contribution < 1.29 is 14.3 Å². The highest BCUT2D eigenvalue weighted by Crippen LogP contribution is 2.19. The fourth-order valence-electron chi connectivity index (χ4n) is 2.76. The van der Waals surface area contributed by atoms with E-state index in [1.807, 2.05) is 78.9 Å². The van der Waals surface area contributed by atoms with E-state index in [0.29, 0.717) is 24.0 Å². The minimum Gasteiger partial charge on any atom is -0.488 e. The molecule has 5 nitrogen and oxygen atoms in total. The highest BCUT2D eigenvalue weighted by atomic mass is 16.5. The van der Waals surface area contributed by atoms with Crippen molar-refractivity contribution >= 4 is 12.1 Å². The molecule has 30 heavy (non-hydrogen) atoms. The van der Waals surface area contributed by atoms with Crippen LogP contribution >= 0.6 is 0 Å². The van der Waals surface area contributed by atoms with E-state index in [-0.39, 0.29) is 12.5 Å². The highest BCUT2D eigenvalue weighted by molar-refractivity contribution is 5.85. The molecule has 3 aromatic rings. The van der Waals surface area contributed by atoms with Crippen LogP contribution in [0.2, 0.25) is 0 Å². The summed E-state index contributed by atoms with van der Waals surface area (Å²) in [5.74, 6) is 1.47. The number of nitrogens with zero attached hydrogens (tertiary/aromatic N) is 1. The molecule has 0 aliphatic rings. The van der Waals surface area contributed by atoms with Crippen LogP contribution in [-0.2, 0) is 11.4 Å². The molecule has 154 valence electrons. The van der Waals surface area contributed by atoms with Crippen LogP contribution in [0, 0.1) is 0 Å². The summed E-state index contributed by atoms with van der Waals surface area (Å²) in [6.07, 6.45) is 1.57. The Morgan fingerprint density at radius 1 is 0.933 bits per heavy atom. The van der Waals surface area contributed by atoms with Gasteiger partial charge in [0.1, 0.15) is 18.1 Å². The Morgan fingerprint density at radius 3 is 2.37 bits per heavy atom. The van der Waals surface area contributed by atoms with Crippen LogP contribution in [0.4, 0.5) is 0 Å². The molecule has 0 atom stereocenters. The van der Waals surface area contributed by atoms with Gasteiger partial charge in [-0.15, -0.1) is 0 Å². The van der Waals surface area contributed by atoms with Crippen molar-refractivity contribution in [3.63, 3.8) is 0 Å². The number of carbonyl (C=O) groups excluding carboxylic acids is 1. The van der Waals surface area contributed by atoms with Gasteiger partial charge < -0.3 is 9.47 Å². The number of hydrazone groups is 1. The van der Waals surface area contributed by atoms with Crippen LogP contribution in [0.5, 0.6) is 11.5 Å². The van der Waals surface area contributed by atoms with E-state index < -0.39 is 0 Å². The molecule has 0 spiro atoms. The normalized spacial score (nSPS) is 10.9. The molecule has 0 saturated carbocycles. The standard InChI is InChI=1S/C25H26N2O3/c1-19(2)21-12-14-23(15-13-21)29-18-25(28)27-26-16-22-10-6-7-11-24(22)30-17-20-8-4-3-5-9-20/h3-16,19H,17-18H2,1-2H3,(H,27,28). The van der Waals surface area contributed by atoms with Gasteiger partial charge in [0.05, 0.1) is 6.21 Å². The number of benzene rings is 3. The van der Waals surface area contributed by atoms with Crippen molar-refractivity contribution in [3.05, 3.63) is 95.6 Å². The molecule has 0 aliphatic carbocycles. The minimum atomic E-state index is -0.332. The second-order valence-corrected chi connectivity index (χ2v) is 7.12. The van der Waals surface area contributed by atoms with Crippen molar-refractivity contribution in [1.82, 2.24) is 5.43 Å². The van der Waals surface area contributed by atoms with Crippen LogP contribution in [0.3, 0.4) is 0 Å². The first kappa shape index (κ1) is 21.1. The predicted octanol–water partition coefficient (Wildman–Crippen LogP) is 4.92. The summed E-state index contributed by atoms with van der Waals surface area (Å²) in [7, 11) is 0. The molecule has 3 aromatic carbocycles. The number of carbonyl (C=O) groups is 1. The minimum absolute atomic E-state index is 0.107. The van der Waals surface area contributed by atoms with Crippen LogP contribution in [-0.4, -0.2) is 18.7 Å². The Morgan fingerprint density at radius 2 is 1.63 bits per heavy atom. The Bertz CT molecular complexity index is 967. The molecule has 1 N–H and O–H groups in total. The maximum atomic E-state index is 12.0. The summed E-state index contributed by atoms with van der Waals surface area (Å²) >= 11 is 0. The summed E-state index contributed by atoms with van der Waals surface area (Å²) in [6, 6.07) is 25.2. The first-order valence-corrected chi connectivity index (χ1v) is 9.92.